The highest BCUT2D eigenvalue weighted by Gasteiger charge is 2.15. The minimum absolute atomic E-state index is 0.341. The summed E-state index contributed by atoms with van der Waals surface area (Å²) in [7, 11) is 0. The van der Waals surface area contributed by atoms with Gasteiger partial charge >= 0.3 is 0 Å². The summed E-state index contributed by atoms with van der Waals surface area (Å²) in [6.07, 6.45) is 3.39. The molecule has 17 heavy (non-hydrogen) atoms. The summed E-state index contributed by atoms with van der Waals surface area (Å²) in [5.41, 5.74) is 8.55. The van der Waals surface area contributed by atoms with Crippen LogP contribution in [0.15, 0.2) is 36.7 Å². The Balaban J connectivity index is 2.47. The first-order valence-corrected chi connectivity index (χ1v) is 5.58. The van der Waals surface area contributed by atoms with Crippen molar-refractivity contribution in [3.63, 3.8) is 0 Å². The van der Waals surface area contributed by atoms with Crippen molar-refractivity contribution in [2.75, 3.05) is 0 Å². The van der Waals surface area contributed by atoms with Crippen LogP contribution in [-0.2, 0) is 0 Å². The number of hydrogen-bond donors (Lipinski definition) is 1. The molecule has 88 valence electrons. The molecule has 0 fully saturated rings. The Labute approximate surface area is 104 Å². The van der Waals surface area contributed by atoms with E-state index in [1.54, 1.807) is 12.4 Å². The zero-order valence-corrected chi connectivity index (χ0v) is 10.1. The van der Waals surface area contributed by atoms with Crippen molar-refractivity contribution in [3.05, 3.63) is 64.2 Å². The molecule has 0 spiro atoms. The van der Waals surface area contributed by atoms with Crippen LogP contribution >= 0.6 is 11.6 Å². The Morgan fingerprint density at radius 3 is 2.76 bits per heavy atom. The van der Waals surface area contributed by atoms with Crippen LogP contribution in [0.5, 0.6) is 0 Å². The van der Waals surface area contributed by atoms with E-state index >= 15 is 0 Å². The fourth-order valence-corrected chi connectivity index (χ4v) is 1.99. The lowest BCUT2D eigenvalue weighted by Crippen LogP contribution is -2.14. The maximum atomic E-state index is 13.2. The van der Waals surface area contributed by atoms with Gasteiger partial charge in [0.1, 0.15) is 5.82 Å². The van der Waals surface area contributed by atoms with Gasteiger partial charge in [-0.15, -0.1) is 0 Å². The Morgan fingerprint density at radius 2 is 2.06 bits per heavy atom. The van der Waals surface area contributed by atoms with Crippen molar-refractivity contribution in [2.45, 2.75) is 13.0 Å². The lowest BCUT2D eigenvalue weighted by atomic mass is 9.97. The number of rotatable bonds is 2. The second-order valence-electron chi connectivity index (χ2n) is 3.88. The van der Waals surface area contributed by atoms with Gasteiger partial charge in [-0.2, -0.15) is 0 Å². The second kappa shape index (κ2) is 4.82. The van der Waals surface area contributed by atoms with Crippen molar-refractivity contribution in [2.24, 2.45) is 5.73 Å². The van der Waals surface area contributed by atoms with Gasteiger partial charge in [0.15, 0.2) is 0 Å². The molecule has 4 heteroatoms. The number of pyridine rings is 1. The Kier molecular flexibility index (Phi) is 3.41. The van der Waals surface area contributed by atoms with Gasteiger partial charge in [0.05, 0.1) is 6.04 Å². The van der Waals surface area contributed by atoms with Gasteiger partial charge in [-0.05, 0) is 47.9 Å². The molecule has 1 atom stereocenters. The molecule has 0 saturated heterocycles. The lowest BCUT2D eigenvalue weighted by molar-refractivity contribution is 0.623. The second-order valence-corrected chi connectivity index (χ2v) is 4.28. The SMILES string of the molecule is Cc1cnccc1C(N)c1cc(F)ccc1Cl. The smallest absolute Gasteiger partial charge is 0.123 e. The normalized spacial score (nSPS) is 12.5. The molecule has 0 radical (unpaired) electrons. The zero-order valence-electron chi connectivity index (χ0n) is 9.32. The minimum atomic E-state index is -0.443. The number of aryl methyl sites for hydroxylation is 1. The van der Waals surface area contributed by atoms with E-state index in [0.29, 0.717) is 10.6 Å². The highest BCUT2D eigenvalue weighted by molar-refractivity contribution is 6.31. The van der Waals surface area contributed by atoms with Crippen LogP contribution in [0.3, 0.4) is 0 Å². The molecule has 0 aliphatic heterocycles. The molecule has 1 aromatic heterocycles. The van der Waals surface area contributed by atoms with Crippen LogP contribution in [0.4, 0.5) is 4.39 Å². The summed E-state index contributed by atoms with van der Waals surface area (Å²) < 4.78 is 13.2. The van der Waals surface area contributed by atoms with Crippen LogP contribution in [-0.4, -0.2) is 4.98 Å². The van der Waals surface area contributed by atoms with E-state index in [-0.39, 0.29) is 5.82 Å². The molecular formula is C13H12ClFN2. The number of aromatic nitrogens is 1. The molecule has 0 aliphatic rings. The van der Waals surface area contributed by atoms with E-state index in [9.17, 15) is 4.39 Å². The van der Waals surface area contributed by atoms with Crippen LogP contribution in [0, 0.1) is 12.7 Å². The molecule has 0 saturated carbocycles. The summed E-state index contributed by atoms with van der Waals surface area (Å²) in [5.74, 6) is -0.341. The Bertz CT molecular complexity index is 543. The van der Waals surface area contributed by atoms with Gasteiger partial charge in [-0.3, -0.25) is 4.98 Å². The molecular weight excluding hydrogens is 239 g/mol. The summed E-state index contributed by atoms with van der Waals surface area (Å²) in [6.45, 7) is 1.91. The molecule has 1 heterocycles. The van der Waals surface area contributed by atoms with Gasteiger partial charge in [0, 0.05) is 17.4 Å². The number of halogens is 2. The quantitative estimate of drug-likeness (QED) is 0.889. The molecule has 0 bridgehead atoms. The maximum Gasteiger partial charge on any atom is 0.123 e. The number of benzene rings is 1. The topological polar surface area (TPSA) is 38.9 Å². The van der Waals surface area contributed by atoms with Crippen molar-refractivity contribution < 1.29 is 4.39 Å². The highest BCUT2D eigenvalue weighted by atomic mass is 35.5. The number of nitrogens with zero attached hydrogens (tertiary/aromatic N) is 1. The van der Waals surface area contributed by atoms with E-state index in [1.807, 2.05) is 13.0 Å². The van der Waals surface area contributed by atoms with Crippen LogP contribution in [0.25, 0.3) is 0 Å². The molecule has 2 aromatic rings. The fraction of sp³-hybridized carbons (Fsp3) is 0.154. The third-order valence-corrected chi connectivity index (χ3v) is 3.04. The van der Waals surface area contributed by atoms with Gasteiger partial charge in [-0.25, -0.2) is 4.39 Å². The first kappa shape index (κ1) is 12.0. The first-order chi connectivity index (χ1) is 8.09. The largest absolute Gasteiger partial charge is 0.320 e. The third kappa shape index (κ3) is 2.46. The molecule has 2 nitrogen and oxygen atoms in total. The number of nitrogens with two attached hydrogens (primary N) is 1. The average molecular weight is 251 g/mol. The van der Waals surface area contributed by atoms with Gasteiger partial charge in [-0.1, -0.05) is 11.6 Å². The predicted octanol–water partition coefficient (Wildman–Crippen LogP) is 3.23. The lowest BCUT2D eigenvalue weighted by Gasteiger charge is -2.16. The van der Waals surface area contributed by atoms with Crippen LogP contribution in [0.2, 0.25) is 5.02 Å². The summed E-state index contributed by atoms with van der Waals surface area (Å²) in [4.78, 5) is 4.00. The summed E-state index contributed by atoms with van der Waals surface area (Å²) in [5, 5.41) is 0.468. The highest BCUT2D eigenvalue weighted by Crippen LogP contribution is 2.28. The van der Waals surface area contributed by atoms with E-state index in [1.165, 1.54) is 18.2 Å². The van der Waals surface area contributed by atoms with Crippen LogP contribution < -0.4 is 5.73 Å². The standard InChI is InChI=1S/C13H12ClFN2/c1-8-7-17-5-4-10(8)13(16)11-6-9(15)2-3-12(11)14/h2-7,13H,16H2,1H3. The first-order valence-electron chi connectivity index (χ1n) is 5.20. The van der Waals surface area contributed by atoms with Crippen molar-refractivity contribution in [3.8, 4) is 0 Å². The molecule has 0 amide bonds. The Morgan fingerprint density at radius 1 is 1.29 bits per heavy atom. The molecule has 2 N–H and O–H groups in total. The molecule has 0 aliphatic carbocycles. The average Bonchev–Trinajstić information content (AvgIpc) is 2.32. The number of hydrogen-bond acceptors (Lipinski definition) is 2. The fourth-order valence-electron chi connectivity index (χ4n) is 1.75. The van der Waals surface area contributed by atoms with Gasteiger partial charge < -0.3 is 5.73 Å². The molecule has 2 rings (SSSR count). The minimum Gasteiger partial charge on any atom is -0.320 e. The third-order valence-electron chi connectivity index (χ3n) is 2.69. The maximum absolute atomic E-state index is 13.2. The zero-order chi connectivity index (χ0) is 12.4. The van der Waals surface area contributed by atoms with E-state index in [0.717, 1.165) is 11.1 Å². The Hall–Kier alpha value is -1.45. The molecule has 1 aromatic carbocycles. The van der Waals surface area contributed by atoms with Crippen molar-refractivity contribution >= 4 is 11.6 Å². The summed E-state index contributed by atoms with van der Waals surface area (Å²) in [6, 6.07) is 5.58. The molecule has 1 unspecified atom stereocenters. The van der Waals surface area contributed by atoms with Gasteiger partial charge in [0.25, 0.3) is 0 Å². The van der Waals surface area contributed by atoms with Gasteiger partial charge in [0.2, 0.25) is 0 Å². The van der Waals surface area contributed by atoms with Crippen molar-refractivity contribution in [1.29, 1.82) is 0 Å². The monoisotopic (exact) mass is 250 g/mol. The van der Waals surface area contributed by atoms with Crippen LogP contribution in [0.1, 0.15) is 22.7 Å². The predicted molar refractivity (Wildman–Crippen MR) is 66.4 cm³/mol. The van der Waals surface area contributed by atoms with E-state index in [4.69, 9.17) is 17.3 Å². The van der Waals surface area contributed by atoms with E-state index < -0.39 is 6.04 Å². The summed E-state index contributed by atoms with van der Waals surface area (Å²) >= 11 is 6.03. The van der Waals surface area contributed by atoms with Crippen molar-refractivity contribution in [1.82, 2.24) is 4.98 Å². The van der Waals surface area contributed by atoms with E-state index in [2.05, 4.69) is 4.98 Å².